The fraction of sp³-hybridized carbons (Fsp3) is 0.500. The number of amides is 1. The van der Waals surface area contributed by atoms with E-state index in [1.54, 1.807) is 31.4 Å². The van der Waals surface area contributed by atoms with Gasteiger partial charge in [-0.15, -0.1) is 0 Å². The number of hydrogen-bond acceptors (Lipinski definition) is 5. The predicted molar refractivity (Wildman–Crippen MR) is 126 cm³/mol. The lowest BCUT2D eigenvalue weighted by Gasteiger charge is -2.38. The van der Waals surface area contributed by atoms with Gasteiger partial charge >= 0.3 is 0 Å². The van der Waals surface area contributed by atoms with Gasteiger partial charge in [0.15, 0.2) is 0 Å². The molecule has 7 heteroatoms. The molecular weight excluding hydrogens is 416 g/mol. The summed E-state index contributed by atoms with van der Waals surface area (Å²) in [5.74, 6) is -0.630. The van der Waals surface area contributed by atoms with Gasteiger partial charge in [0.05, 0.1) is 12.0 Å². The molecule has 4 atom stereocenters. The van der Waals surface area contributed by atoms with E-state index in [1.165, 1.54) is 6.42 Å². The average Bonchev–Trinajstić information content (AvgIpc) is 3.04. The number of pyridine rings is 2. The minimum atomic E-state index is -0.398. The van der Waals surface area contributed by atoms with E-state index in [-0.39, 0.29) is 36.1 Å². The normalized spacial score (nSPS) is 26.6. The maximum Gasteiger partial charge on any atom is 0.258 e. The average molecular weight is 449 g/mol. The highest BCUT2D eigenvalue weighted by Crippen LogP contribution is 2.49. The molecule has 33 heavy (non-hydrogen) atoms. The highest BCUT2D eigenvalue weighted by Gasteiger charge is 2.56. The van der Waals surface area contributed by atoms with Crippen LogP contribution in [0.25, 0.3) is 5.57 Å². The summed E-state index contributed by atoms with van der Waals surface area (Å²) in [6.45, 7) is 1.05. The van der Waals surface area contributed by atoms with Gasteiger partial charge in [-0.2, -0.15) is 0 Å². The Bertz CT molecular complexity index is 1120. The monoisotopic (exact) mass is 448 g/mol. The smallest absolute Gasteiger partial charge is 0.258 e. The van der Waals surface area contributed by atoms with Crippen LogP contribution in [0.3, 0.4) is 0 Å². The highest BCUT2D eigenvalue weighted by atomic mass is 16.3. The van der Waals surface area contributed by atoms with Gasteiger partial charge in [-0.3, -0.25) is 19.5 Å². The number of carbonyl (C=O) groups excluding carboxylic acids is 1. The Morgan fingerprint density at radius 3 is 2.64 bits per heavy atom. The number of aliphatic hydroxyl groups is 1. The van der Waals surface area contributed by atoms with Crippen molar-refractivity contribution >= 4 is 11.5 Å². The zero-order valence-corrected chi connectivity index (χ0v) is 19.4. The fourth-order valence-electron chi connectivity index (χ4n) is 6.05. The summed E-state index contributed by atoms with van der Waals surface area (Å²) in [6, 6.07) is 7.61. The molecule has 0 radical (unpaired) electrons. The van der Waals surface area contributed by atoms with Crippen LogP contribution in [0, 0.1) is 11.8 Å². The van der Waals surface area contributed by atoms with Crippen LogP contribution >= 0.6 is 0 Å². The first-order chi connectivity index (χ1) is 16.0. The van der Waals surface area contributed by atoms with Crippen molar-refractivity contribution in [3.63, 3.8) is 0 Å². The Kier molecular flexibility index (Phi) is 5.93. The van der Waals surface area contributed by atoms with Crippen LogP contribution in [0.1, 0.15) is 48.5 Å². The molecule has 0 aromatic carbocycles. The second-order valence-electron chi connectivity index (χ2n) is 9.71. The molecule has 2 aliphatic heterocycles. The molecule has 0 saturated carbocycles. The van der Waals surface area contributed by atoms with Crippen LogP contribution in [-0.2, 0) is 17.9 Å². The number of hydrogen-bond donors (Lipinski definition) is 1. The summed E-state index contributed by atoms with van der Waals surface area (Å²) < 4.78 is 1.88. The van der Waals surface area contributed by atoms with Crippen molar-refractivity contribution in [3.05, 3.63) is 69.9 Å². The predicted octanol–water partition coefficient (Wildman–Crippen LogP) is 2.45. The number of allylic oxidation sites excluding steroid dienone is 2. The Labute approximate surface area is 194 Å². The first-order valence-corrected chi connectivity index (χ1v) is 11.9. The van der Waals surface area contributed by atoms with E-state index in [1.807, 2.05) is 28.8 Å². The quantitative estimate of drug-likeness (QED) is 0.760. The second kappa shape index (κ2) is 8.88. The van der Waals surface area contributed by atoms with E-state index in [9.17, 15) is 14.7 Å². The van der Waals surface area contributed by atoms with E-state index in [0.717, 1.165) is 41.7 Å². The van der Waals surface area contributed by atoms with Crippen molar-refractivity contribution < 1.29 is 9.90 Å². The second-order valence-corrected chi connectivity index (χ2v) is 9.71. The van der Waals surface area contributed by atoms with E-state index in [0.29, 0.717) is 13.1 Å². The first kappa shape index (κ1) is 22.0. The van der Waals surface area contributed by atoms with Gasteiger partial charge in [0.1, 0.15) is 0 Å². The summed E-state index contributed by atoms with van der Waals surface area (Å²) >= 11 is 0. The largest absolute Gasteiger partial charge is 0.396 e. The summed E-state index contributed by atoms with van der Waals surface area (Å²) in [6.07, 6.45) is 10.0. The highest BCUT2D eigenvalue weighted by molar-refractivity contribution is 5.80. The maximum atomic E-state index is 13.6. The molecule has 1 amide bonds. The number of carbonyl (C=O) groups is 1. The zero-order valence-electron chi connectivity index (χ0n) is 19.4. The molecule has 1 aliphatic carbocycles. The van der Waals surface area contributed by atoms with Crippen molar-refractivity contribution in [3.8, 4) is 0 Å². The van der Waals surface area contributed by atoms with Gasteiger partial charge < -0.3 is 14.6 Å². The van der Waals surface area contributed by atoms with Crippen molar-refractivity contribution in [1.82, 2.24) is 19.4 Å². The van der Waals surface area contributed by atoms with Crippen LogP contribution in [0.5, 0.6) is 0 Å². The van der Waals surface area contributed by atoms with Gasteiger partial charge in [0.2, 0.25) is 5.91 Å². The third-order valence-corrected chi connectivity index (χ3v) is 7.65. The van der Waals surface area contributed by atoms with Crippen LogP contribution in [0.2, 0.25) is 0 Å². The number of fused-ring (bicyclic) bond motifs is 4. The molecule has 2 aromatic rings. The summed E-state index contributed by atoms with van der Waals surface area (Å²) in [5, 5.41) is 10.4. The molecule has 1 saturated heterocycles. The third-order valence-electron chi connectivity index (χ3n) is 7.65. The van der Waals surface area contributed by atoms with E-state index < -0.39 is 5.92 Å². The van der Waals surface area contributed by atoms with Gasteiger partial charge in [0, 0.05) is 69.4 Å². The topological polar surface area (TPSA) is 78.7 Å². The Balaban J connectivity index is 1.62. The lowest BCUT2D eigenvalue weighted by Crippen LogP contribution is -2.46. The van der Waals surface area contributed by atoms with E-state index in [4.69, 9.17) is 0 Å². The summed E-state index contributed by atoms with van der Waals surface area (Å²) in [7, 11) is 3.52. The van der Waals surface area contributed by atoms with Crippen molar-refractivity contribution in [2.75, 3.05) is 20.7 Å². The summed E-state index contributed by atoms with van der Waals surface area (Å²) in [4.78, 5) is 35.0. The Morgan fingerprint density at radius 1 is 1.18 bits per heavy atom. The summed E-state index contributed by atoms with van der Waals surface area (Å²) in [5.41, 5.74) is 3.95. The van der Waals surface area contributed by atoms with Crippen LogP contribution in [0.15, 0.2) is 47.5 Å². The lowest BCUT2D eigenvalue weighted by molar-refractivity contribution is -0.135. The molecule has 174 valence electrons. The molecular formula is C26H32N4O3. The van der Waals surface area contributed by atoms with Crippen molar-refractivity contribution in [2.45, 2.75) is 50.9 Å². The standard InChI is InChI=1S/C26H32N4O3/c1-28(2)26(33)23-20(16-31)22-15-30-21(24(23)29(22)14-17-10-12-27-13-11-17)9-8-19(25(30)32)18-6-4-3-5-7-18/h6,8-13,20,22-24,31H,3-5,7,14-16H2,1-2H3/t20-,22-,23+,24+/m0/s1. The first-order valence-electron chi connectivity index (χ1n) is 11.9. The van der Waals surface area contributed by atoms with Crippen LogP contribution in [-0.4, -0.2) is 57.1 Å². The van der Waals surface area contributed by atoms with Gasteiger partial charge in [-0.25, -0.2) is 0 Å². The van der Waals surface area contributed by atoms with Crippen LogP contribution < -0.4 is 5.56 Å². The molecule has 2 bridgehead atoms. The number of aliphatic hydroxyl groups excluding tert-OH is 1. The molecule has 2 aromatic heterocycles. The van der Waals surface area contributed by atoms with Gasteiger partial charge in [-0.1, -0.05) is 6.08 Å². The van der Waals surface area contributed by atoms with E-state index in [2.05, 4.69) is 16.0 Å². The molecule has 0 spiro atoms. The lowest BCUT2D eigenvalue weighted by atomic mass is 9.86. The van der Waals surface area contributed by atoms with Gasteiger partial charge in [0.25, 0.3) is 5.56 Å². The minimum absolute atomic E-state index is 0.00115. The fourth-order valence-corrected chi connectivity index (χ4v) is 6.05. The molecule has 1 N–H and O–H groups in total. The maximum absolute atomic E-state index is 13.6. The number of nitrogens with zero attached hydrogens (tertiary/aromatic N) is 4. The third kappa shape index (κ3) is 3.73. The van der Waals surface area contributed by atoms with Crippen LogP contribution in [0.4, 0.5) is 0 Å². The van der Waals surface area contributed by atoms with E-state index >= 15 is 0 Å². The molecule has 3 aliphatic rings. The zero-order chi connectivity index (χ0) is 23.1. The van der Waals surface area contributed by atoms with Gasteiger partial charge in [-0.05, 0) is 61.1 Å². The molecule has 0 unspecified atom stereocenters. The Morgan fingerprint density at radius 2 is 1.97 bits per heavy atom. The minimum Gasteiger partial charge on any atom is -0.396 e. The SMILES string of the molecule is CN(C)C(=O)[C@@H]1[C@@H](CO)[C@@H]2Cn3c(ccc(C4=CCCCC4)c3=O)[C@H]1N2Cc1ccncc1. The van der Waals surface area contributed by atoms with Crippen molar-refractivity contribution in [2.24, 2.45) is 11.8 Å². The molecule has 5 rings (SSSR count). The number of aromatic nitrogens is 2. The molecule has 1 fully saturated rings. The van der Waals surface area contributed by atoms with Crippen molar-refractivity contribution in [1.29, 1.82) is 0 Å². The Hall–Kier alpha value is -2.77. The molecule has 7 nitrogen and oxygen atoms in total. The number of rotatable bonds is 5. The molecule has 4 heterocycles.